The molecule has 2 aromatic rings. The molecule has 2 saturated heterocycles. The van der Waals surface area contributed by atoms with Gasteiger partial charge in [-0.05, 0) is 30.1 Å². The fraction of sp³-hybridized carbons (Fsp3) is 0.474. The maximum Gasteiger partial charge on any atom is 0.290 e. The molecule has 0 aromatic carbocycles. The number of ether oxygens (including phenoxy) is 1. The number of pyridine rings is 1. The fourth-order valence-corrected chi connectivity index (χ4v) is 3.81. The predicted octanol–water partition coefficient (Wildman–Crippen LogP) is 0.935. The van der Waals surface area contributed by atoms with Crippen LogP contribution in [0.25, 0.3) is 0 Å². The summed E-state index contributed by atoms with van der Waals surface area (Å²) in [5, 5.41) is 6.53. The van der Waals surface area contributed by atoms with Crippen molar-refractivity contribution in [2.45, 2.75) is 18.9 Å². The predicted molar refractivity (Wildman–Crippen MR) is 100 cm³/mol. The third-order valence-corrected chi connectivity index (χ3v) is 5.32. The quantitative estimate of drug-likeness (QED) is 0.817. The largest absolute Gasteiger partial charge is 0.479 e. The third-order valence-electron chi connectivity index (χ3n) is 5.32. The number of carbonyl (C=O) groups excluding carboxylic acids is 2. The molecule has 0 bridgehead atoms. The highest BCUT2D eigenvalue weighted by molar-refractivity contribution is 5.92. The van der Waals surface area contributed by atoms with E-state index in [2.05, 4.69) is 20.4 Å². The number of amides is 2. The van der Waals surface area contributed by atoms with Gasteiger partial charge in [-0.2, -0.15) is 0 Å². The van der Waals surface area contributed by atoms with Gasteiger partial charge in [0.2, 0.25) is 11.7 Å². The number of hydrogen-bond donors (Lipinski definition) is 1. The van der Waals surface area contributed by atoms with Crippen LogP contribution >= 0.6 is 0 Å². The van der Waals surface area contributed by atoms with Crippen LogP contribution < -0.4 is 15.0 Å². The summed E-state index contributed by atoms with van der Waals surface area (Å²) in [7, 11) is 1.46. The highest BCUT2D eigenvalue weighted by atomic mass is 16.5. The number of likely N-dealkylation sites (tertiary alicyclic amines) is 1. The summed E-state index contributed by atoms with van der Waals surface area (Å²) < 4.78 is 9.88. The Labute approximate surface area is 162 Å². The van der Waals surface area contributed by atoms with Gasteiger partial charge in [-0.1, -0.05) is 0 Å². The van der Waals surface area contributed by atoms with Crippen molar-refractivity contribution >= 4 is 17.5 Å². The molecule has 0 radical (unpaired) electrons. The lowest BCUT2D eigenvalue weighted by Crippen LogP contribution is -2.40. The zero-order valence-electron chi connectivity index (χ0n) is 15.7. The van der Waals surface area contributed by atoms with E-state index >= 15 is 0 Å². The Morgan fingerprint density at radius 3 is 2.79 bits per heavy atom. The van der Waals surface area contributed by atoms with Gasteiger partial charge in [0.1, 0.15) is 0 Å². The number of anilines is 1. The average molecular weight is 385 g/mol. The Morgan fingerprint density at radius 2 is 2.04 bits per heavy atom. The molecule has 2 unspecified atom stereocenters. The van der Waals surface area contributed by atoms with Crippen molar-refractivity contribution in [1.29, 1.82) is 0 Å². The Hall–Kier alpha value is -3.10. The van der Waals surface area contributed by atoms with E-state index < -0.39 is 0 Å². The van der Waals surface area contributed by atoms with Gasteiger partial charge in [-0.15, -0.1) is 0 Å². The first kappa shape index (κ1) is 18.3. The van der Waals surface area contributed by atoms with E-state index in [4.69, 9.17) is 9.26 Å². The van der Waals surface area contributed by atoms with Gasteiger partial charge < -0.3 is 24.4 Å². The summed E-state index contributed by atoms with van der Waals surface area (Å²) in [4.78, 5) is 33.3. The van der Waals surface area contributed by atoms with E-state index in [0.29, 0.717) is 19.6 Å². The van der Waals surface area contributed by atoms with Gasteiger partial charge >= 0.3 is 0 Å². The second-order valence-electron chi connectivity index (χ2n) is 7.11. The molecular formula is C19H23N5O4. The molecule has 1 N–H and O–H groups in total. The zero-order valence-corrected chi connectivity index (χ0v) is 15.7. The molecule has 2 atom stereocenters. The fourth-order valence-electron chi connectivity index (χ4n) is 3.81. The molecule has 0 saturated carbocycles. The summed E-state index contributed by atoms with van der Waals surface area (Å²) in [6.45, 7) is 2.74. The van der Waals surface area contributed by atoms with E-state index in [9.17, 15) is 9.59 Å². The van der Waals surface area contributed by atoms with Crippen LogP contribution in [-0.2, 0) is 4.79 Å². The SMILES string of the molecule is COc1cc(C(=O)NC2CCN(C(=O)C3CCN(c4ccncc4)C3)C2)on1. The summed E-state index contributed by atoms with van der Waals surface area (Å²) in [5.41, 5.74) is 1.10. The van der Waals surface area contributed by atoms with Crippen molar-refractivity contribution in [1.82, 2.24) is 20.4 Å². The van der Waals surface area contributed by atoms with Crippen molar-refractivity contribution in [3.05, 3.63) is 36.4 Å². The van der Waals surface area contributed by atoms with Crippen molar-refractivity contribution < 1.29 is 18.8 Å². The second kappa shape index (κ2) is 7.87. The number of aromatic nitrogens is 2. The molecule has 0 spiro atoms. The monoisotopic (exact) mass is 385 g/mol. The second-order valence-corrected chi connectivity index (χ2v) is 7.11. The van der Waals surface area contributed by atoms with Crippen LogP contribution in [0.2, 0.25) is 0 Å². The number of nitrogens with one attached hydrogen (secondary N) is 1. The molecule has 4 rings (SSSR count). The Balaban J connectivity index is 1.29. The molecule has 2 aliphatic rings. The lowest BCUT2D eigenvalue weighted by molar-refractivity contribution is -0.133. The molecule has 28 heavy (non-hydrogen) atoms. The number of hydrogen-bond acceptors (Lipinski definition) is 7. The van der Waals surface area contributed by atoms with Gasteiger partial charge in [0, 0.05) is 50.3 Å². The van der Waals surface area contributed by atoms with E-state index in [-0.39, 0.29) is 35.4 Å². The topological polar surface area (TPSA) is 101 Å². The van der Waals surface area contributed by atoms with Gasteiger partial charge in [0.25, 0.3) is 11.8 Å². The number of carbonyl (C=O) groups is 2. The average Bonchev–Trinajstić information content (AvgIpc) is 3.48. The number of methoxy groups -OCH3 is 1. The molecule has 2 aliphatic heterocycles. The highest BCUT2D eigenvalue weighted by Gasteiger charge is 2.35. The smallest absolute Gasteiger partial charge is 0.290 e. The molecule has 2 aromatic heterocycles. The minimum absolute atomic E-state index is 0.0128. The van der Waals surface area contributed by atoms with E-state index in [0.717, 1.165) is 25.1 Å². The van der Waals surface area contributed by atoms with Crippen LogP contribution in [0.5, 0.6) is 5.88 Å². The number of rotatable bonds is 5. The Morgan fingerprint density at radius 1 is 1.21 bits per heavy atom. The van der Waals surface area contributed by atoms with Gasteiger partial charge in [0.05, 0.1) is 19.1 Å². The van der Waals surface area contributed by atoms with Crippen LogP contribution in [0.15, 0.2) is 35.1 Å². The van der Waals surface area contributed by atoms with E-state index in [1.165, 1.54) is 13.2 Å². The Kier molecular flexibility index (Phi) is 5.14. The molecule has 9 heteroatoms. The normalized spacial score (nSPS) is 21.8. The summed E-state index contributed by atoms with van der Waals surface area (Å²) >= 11 is 0. The maximum atomic E-state index is 12.9. The minimum atomic E-state index is -0.347. The van der Waals surface area contributed by atoms with Gasteiger partial charge in [-0.25, -0.2) is 0 Å². The molecule has 2 fully saturated rings. The Bertz CT molecular complexity index is 840. The zero-order chi connectivity index (χ0) is 19.5. The molecule has 0 aliphatic carbocycles. The lowest BCUT2D eigenvalue weighted by atomic mass is 10.1. The summed E-state index contributed by atoms with van der Waals surface area (Å²) in [6.07, 6.45) is 5.10. The van der Waals surface area contributed by atoms with E-state index in [1.54, 1.807) is 12.4 Å². The summed E-state index contributed by atoms with van der Waals surface area (Å²) in [6, 6.07) is 5.28. The maximum absolute atomic E-state index is 12.9. The standard InChI is InChI=1S/C19H23N5O4/c1-27-17-10-16(28-22-17)18(25)21-14-5-9-24(12-14)19(26)13-4-8-23(11-13)15-2-6-20-7-3-15/h2-3,6-7,10,13-14H,4-5,8-9,11-12H2,1H3,(H,21,25). The molecule has 148 valence electrons. The first-order valence-electron chi connectivity index (χ1n) is 9.39. The van der Waals surface area contributed by atoms with Crippen molar-refractivity contribution in [3.63, 3.8) is 0 Å². The van der Waals surface area contributed by atoms with Crippen LogP contribution in [0.4, 0.5) is 5.69 Å². The number of nitrogens with zero attached hydrogens (tertiary/aromatic N) is 4. The van der Waals surface area contributed by atoms with Crippen LogP contribution in [0, 0.1) is 5.92 Å². The van der Waals surface area contributed by atoms with Crippen LogP contribution in [0.3, 0.4) is 0 Å². The summed E-state index contributed by atoms with van der Waals surface area (Å²) in [5.74, 6) is 0.161. The molecule has 9 nitrogen and oxygen atoms in total. The van der Waals surface area contributed by atoms with E-state index in [1.807, 2.05) is 17.0 Å². The first-order chi connectivity index (χ1) is 13.6. The van der Waals surface area contributed by atoms with Crippen molar-refractivity contribution in [2.75, 3.05) is 38.2 Å². The van der Waals surface area contributed by atoms with Crippen LogP contribution in [-0.4, -0.2) is 66.2 Å². The third kappa shape index (κ3) is 3.78. The lowest BCUT2D eigenvalue weighted by Gasteiger charge is -2.22. The van der Waals surface area contributed by atoms with Crippen molar-refractivity contribution in [2.24, 2.45) is 5.92 Å². The van der Waals surface area contributed by atoms with Crippen molar-refractivity contribution in [3.8, 4) is 5.88 Å². The molecular weight excluding hydrogens is 362 g/mol. The molecule has 2 amide bonds. The molecule has 4 heterocycles. The first-order valence-corrected chi connectivity index (χ1v) is 9.39. The minimum Gasteiger partial charge on any atom is -0.479 e. The van der Waals surface area contributed by atoms with Crippen LogP contribution in [0.1, 0.15) is 23.4 Å². The van der Waals surface area contributed by atoms with Gasteiger partial charge in [-0.3, -0.25) is 14.6 Å². The van der Waals surface area contributed by atoms with Gasteiger partial charge in [0.15, 0.2) is 0 Å². The highest BCUT2D eigenvalue weighted by Crippen LogP contribution is 2.26.